The van der Waals surface area contributed by atoms with Gasteiger partial charge in [-0.1, -0.05) is 0 Å². The van der Waals surface area contributed by atoms with Gasteiger partial charge in [-0.15, -0.1) is 0 Å². The van der Waals surface area contributed by atoms with E-state index in [2.05, 4.69) is 5.32 Å². The summed E-state index contributed by atoms with van der Waals surface area (Å²) in [7, 11) is 0. The van der Waals surface area contributed by atoms with Crippen LogP contribution >= 0.6 is 0 Å². The van der Waals surface area contributed by atoms with E-state index < -0.39 is 0 Å². The summed E-state index contributed by atoms with van der Waals surface area (Å²) in [6, 6.07) is -0.335. The third kappa shape index (κ3) is 5.85. The molecule has 4 heteroatoms. The van der Waals surface area contributed by atoms with E-state index in [1.165, 1.54) is 6.92 Å². The summed E-state index contributed by atoms with van der Waals surface area (Å²) in [4.78, 5) is 10.7. The van der Waals surface area contributed by atoms with Gasteiger partial charge in [-0.25, -0.2) is 0 Å². The molecule has 0 fully saturated rings. The van der Waals surface area contributed by atoms with Crippen molar-refractivity contribution in [2.24, 2.45) is 5.73 Å². The summed E-state index contributed by atoms with van der Waals surface area (Å²) < 4.78 is 0. The summed E-state index contributed by atoms with van der Waals surface area (Å²) in [5, 5.41) is 9.91. The third-order valence-corrected chi connectivity index (χ3v) is 1.60. The number of carbonyl (C=O) groups excluding carboxylic acids is 1. The van der Waals surface area contributed by atoms with Crippen LogP contribution in [0.3, 0.4) is 0 Å². The minimum atomic E-state index is -0.335. The molecule has 0 bridgehead atoms. The van der Waals surface area contributed by atoms with E-state index in [9.17, 15) is 4.79 Å². The van der Waals surface area contributed by atoms with Crippen LogP contribution in [0.2, 0.25) is 0 Å². The summed E-state index contributed by atoms with van der Waals surface area (Å²) in [6.07, 6.45) is 1.52. The van der Waals surface area contributed by atoms with E-state index in [4.69, 9.17) is 11.1 Å². The van der Waals surface area contributed by atoms with Crippen LogP contribution in [-0.4, -0.2) is 24.2 Å². The lowest BCUT2D eigenvalue weighted by atomic mass is 10.1. The van der Waals surface area contributed by atoms with Crippen LogP contribution in [-0.2, 0) is 4.79 Å². The van der Waals surface area contributed by atoms with Crippen molar-refractivity contribution >= 4 is 11.6 Å². The first kappa shape index (κ1) is 11.1. The summed E-state index contributed by atoms with van der Waals surface area (Å²) in [5.74, 6) is 0.480. The zero-order chi connectivity index (χ0) is 9.56. The Labute approximate surface area is 73.0 Å². The molecule has 0 aliphatic heterocycles. The Kier molecular flexibility index (Phi) is 5.28. The van der Waals surface area contributed by atoms with Crippen molar-refractivity contribution in [3.05, 3.63) is 0 Å². The van der Waals surface area contributed by atoms with Gasteiger partial charge in [0.1, 0.15) is 5.78 Å². The molecule has 0 rings (SSSR count). The molecule has 0 aliphatic carbocycles. The maximum Gasteiger partial charge on any atom is 0.146 e. The molecular formula is C8H17N3O. The molecule has 4 N–H and O–H groups in total. The molecular weight excluding hydrogens is 154 g/mol. The van der Waals surface area contributed by atoms with Crippen molar-refractivity contribution in [3.8, 4) is 0 Å². The van der Waals surface area contributed by atoms with Crippen LogP contribution < -0.4 is 11.1 Å². The van der Waals surface area contributed by atoms with Gasteiger partial charge in [-0.05, 0) is 26.7 Å². The van der Waals surface area contributed by atoms with Crippen molar-refractivity contribution in [2.45, 2.75) is 32.7 Å². The zero-order valence-electron chi connectivity index (χ0n) is 7.68. The van der Waals surface area contributed by atoms with Crippen LogP contribution in [0, 0.1) is 5.41 Å². The molecule has 0 saturated carbocycles. The van der Waals surface area contributed by atoms with Crippen molar-refractivity contribution in [3.63, 3.8) is 0 Å². The van der Waals surface area contributed by atoms with Gasteiger partial charge in [0, 0.05) is 6.54 Å². The monoisotopic (exact) mass is 171 g/mol. The molecule has 0 amide bonds. The topological polar surface area (TPSA) is 79.0 Å². The molecule has 0 aromatic rings. The number of hydrogen-bond acceptors (Lipinski definition) is 3. The second-order valence-electron chi connectivity index (χ2n) is 2.91. The summed E-state index contributed by atoms with van der Waals surface area (Å²) >= 11 is 0. The van der Waals surface area contributed by atoms with Crippen molar-refractivity contribution < 1.29 is 4.79 Å². The Balaban J connectivity index is 3.31. The van der Waals surface area contributed by atoms with E-state index in [0.717, 1.165) is 13.0 Å². The van der Waals surface area contributed by atoms with E-state index in [1.807, 2.05) is 0 Å². The molecule has 0 aromatic heterocycles. The first-order chi connectivity index (χ1) is 5.54. The minimum Gasteiger partial charge on any atom is -0.374 e. The first-order valence-corrected chi connectivity index (χ1v) is 4.09. The Hall–Kier alpha value is -0.900. The molecule has 12 heavy (non-hydrogen) atoms. The molecule has 0 saturated heterocycles. The average Bonchev–Trinajstić information content (AvgIpc) is 1.97. The predicted octanol–water partition coefficient (Wildman–Crippen LogP) is 0.270. The lowest BCUT2D eigenvalue weighted by molar-refractivity contribution is -0.118. The molecule has 0 aromatic carbocycles. The van der Waals surface area contributed by atoms with Gasteiger partial charge in [0.25, 0.3) is 0 Å². The highest BCUT2D eigenvalue weighted by atomic mass is 16.1. The minimum absolute atomic E-state index is 0.0292. The number of Topliss-reactive ketones (excluding diaryl/α,β-unsaturated/α-hetero) is 1. The van der Waals surface area contributed by atoms with E-state index >= 15 is 0 Å². The standard InChI is InChI=1S/C8H17N3O/c1-6(12)8(10)4-3-5-11-7(2)9/h8H,3-5,10H2,1-2H3,(H2,9,11)/t8-/m0/s1. The SMILES string of the molecule is CC(=N)NCCC[C@H](N)C(C)=O. The van der Waals surface area contributed by atoms with Crippen molar-refractivity contribution in [2.75, 3.05) is 6.54 Å². The highest BCUT2D eigenvalue weighted by Gasteiger charge is 2.06. The second kappa shape index (κ2) is 5.71. The Bertz CT molecular complexity index is 168. The van der Waals surface area contributed by atoms with Crippen LogP contribution in [0.15, 0.2) is 0 Å². The van der Waals surface area contributed by atoms with E-state index in [-0.39, 0.29) is 11.8 Å². The second-order valence-corrected chi connectivity index (χ2v) is 2.91. The Morgan fingerprint density at radius 3 is 2.58 bits per heavy atom. The number of carbonyl (C=O) groups is 1. The Morgan fingerprint density at radius 1 is 1.58 bits per heavy atom. The smallest absolute Gasteiger partial charge is 0.146 e. The third-order valence-electron chi connectivity index (χ3n) is 1.60. The van der Waals surface area contributed by atoms with Gasteiger partial charge < -0.3 is 11.1 Å². The fraction of sp³-hybridized carbons (Fsp3) is 0.750. The highest BCUT2D eigenvalue weighted by molar-refractivity contribution is 5.81. The van der Waals surface area contributed by atoms with E-state index in [0.29, 0.717) is 12.3 Å². The number of nitrogens with one attached hydrogen (secondary N) is 2. The number of hydrogen-bond donors (Lipinski definition) is 3. The van der Waals surface area contributed by atoms with Crippen molar-refractivity contribution in [1.82, 2.24) is 5.32 Å². The highest BCUT2D eigenvalue weighted by Crippen LogP contribution is 1.93. The summed E-state index contributed by atoms with van der Waals surface area (Å²) in [6.45, 7) is 3.90. The van der Waals surface area contributed by atoms with Crippen molar-refractivity contribution in [1.29, 1.82) is 5.41 Å². The molecule has 0 spiro atoms. The fourth-order valence-electron chi connectivity index (χ4n) is 0.801. The predicted molar refractivity (Wildman–Crippen MR) is 49.3 cm³/mol. The maximum atomic E-state index is 10.7. The number of amidine groups is 1. The van der Waals surface area contributed by atoms with Gasteiger partial charge in [0.15, 0.2) is 0 Å². The lowest BCUT2D eigenvalue weighted by Gasteiger charge is -2.07. The van der Waals surface area contributed by atoms with Gasteiger partial charge in [-0.3, -0.25) is 10.2 Å². The number of nitrogens with two attached hydrogens (primary N) is 1. The van der Waals surface area contributed by atoms with Crippen LogP contribution in [0.1, 0.15) is 26.7 Å². The van der Waals surface area contributed by atoms with Gasteiger partial charge in [0.2, 0.25) is 0 Å². The average molecular weight is 171 g/mol. The molecule has 0 heterocycles. The Morgan fingerprint density at radius 2 is 2.17 bits per heavy atom. The molecule has 1 atom stereocenters. The molecule has 4 nitrogen and oxygen atoms in total. The lowest BCUT2D eigenvalue weighted by Crippen LogP contribution is -2.30. The first-order valence-electron chi connectivity index (χ1n) is 4.09. The molecule has 70 valence electrons. The normalized spacial score (nSPS) is 12.2. The van der Waals surface area contributed by atoms with Crippen LogP contribution in [0.5, 0.6) is 0 Å². The fourth-order valence-corrected chi connectivity index (χ4v) is 0.801. The van der Waals surface area contributed by atoms with Gasteiger partial charge in [-0.2, -0.15) is 0 Å². The van der Waals surface area contributed by atoms with Crippen LogP contribution in [0.4, 0.5) is 0 Å². The quantitative estimate of drug-likeness (QED) is 0.315. The number of rotatable bonds is 5. The molecule has 0 radical (unpaired) electrons. The van der Waals surface area contributed by atoms with Gasteiger partial charge >= 0.3 is 0 Å². The van der Waals surface area contributed by atoms with Gasteiger partial charge in [0.05, 0.1) is 11.9 Å². The largest absolute Gasteiger partial charge is 0.374 e. The van der Waals surface area contributed by atoms with E-state index in [1.54, 1.807) is 6.92 Å². The number of ketones is 1. The summed E-state index contributed by atoms with van der Waals surface area (Å²) in [5.41, 5.74) is 5.50. The zero-order valence-corrected chi connectivity index (χ0v) is 7.68. The van der Waals surface area contributed by atoms with Crippen LogP contribution in [0.25, 0.3) is 0 Å². The maximum absolute atomic E-state index is 10.7. The molecule has 0 aliphatic rings. The molecule has 0 unspecified atom stereocenters.